The summed E-state index contributed by atoms with van der Waals surface area (Å²) >= 11 is 0. The van der Waals surface area contributed by atoms with Crippen LogP contribution in [0.3, 0.4) is 0 Å². The maximum absolute atomic E-state index is 12.9. The number of benzene rings is 1. The van der Waals surface area contributed by atoms with Gasteiger partial charge in [0, 0.05) is 13.5 Å². The zero-order valence-corrected chi connectivity index (χ0v) is 9.74. The molecule has 0 aliphatic carbocycles. The Labute approximate surface area is 102 Å². The minimum atomic E-state index is -4.74. The van der Waals surface area contributed by atoms with Gasteiger partial charge in [-0.25, -0.2) is 0 Å². The first-order chi connectivity index (χ1) is 8.48. The van der Waals surface area contributed by atoms with E-state index in [9.17, 15) is 13.2 Å². The number of alkyl halides is 3. The molecule has 0 spiro atoms. The Morgan fingerprint density at radius 3 is 2.50 bits per heavy atom. The highest BCUT2D eigenvalue weighted by Gasteiger charge is 2.62. The number of hydrogen-bond acceptors (Lipinski definition) is 3. The van der Waals surface area contributed by atoms with Crippen molar-refractivity contribution in [1.29, 1.82) is 0 Å². The fourth-order valence-electron chi connectivity index (χ4n) is 1.85. The second-order valence-electron chi connectivity index (χ2n) is 3.91. The number of rotatable bonds is 2. The molecule has 0 bridgehead atoms. The molecule has 6 heteroatoms. The minimum Gasteiger partial charge on any atom is -0.324 e. The fraction of sp³-hybridized carbons (Fsp3) is 0.500. The number of ether oxygens (including phenoxy) is 3. The van der Waals surface area contributed by atoms with Crippen molar-refractivity contribution >= 4 is 0 Å². The van der Waals surface area contributed by atoms with Gasteiger partial charge in [0.15, 0.2) is 0 Å². The van der Waals surface area contributed by atoms with Gasteiger partial charge in [-0.05, 0) is 5.56 Å². The Balaban J connectivity index is 2.23. The quantitative estimate of drug-likeness (QED) is 0.820. The molecule has 0 aromatic heterocycles. The topological polar surface area (TPSA) is 27.7 Å². The van der Waals surface area contributed by atoms with Crippen molar-refractivity contribution in [2.45, 2.75) is 24.7 Å². The molecule has 3 nitrogen and oxygen atoms in total. The molecule has 1 aliphatic heterocycles. The molecule has 1 fully saturated rings. The second kappa shape index (κ2) is 4.87. The van der Waals surface area contributed by atoms with Crippen LogP contribution < -0.4 is 0 Å². The van der Waals surface area contributed by atoms with E-state index in [0.717, 1.165) is 7.11 Å². The van der Waals surface area contributed by atoms with Crippen LogP contribution in [0.15, 0.2) is 30.3 Å². The number of halogens is 3. The Morgan fingerprint density at radius 2 is 1.94 bits per heavy atom. The van der Waals surface area contributed by atoms with Gasteiger partial charge in [-0.3, -0.25) is 0 Å². The van der Waals surface area contributed by atoms with E-state index in [1.807, 2.05) is 0 Å². The monoisotopic (exact) mass is 262 g/mol. The van der Waals surface area contributed by atoms with Crippen LogP contribution in [0.1, 0.15) is 18.1 Å². The van der Waals surface area contributed by atoms with Crippen LogP contribution in [0.2, 0.25) is 0 Å². The van der Waals surface area contributed by atoms with Gasteiger partial charge in [0.05, 0.1) is 12.7 Å². The second-order valence-corrected chi connectivity index (χ2v) is 3.91. The molecule has 0 saturated carbocycles. The zero-order valence-electron chi connectivity index (χ0n) is 9.74. The molecule has 2 unspecified atom stereocenters. The summed E-state index contributed by atoms with van der Waals surface area (Å²) in [6.07, 6.45) is -5.08. The van der Waals surface area contributed by atoms with Crippen molar-refractivity contribution in [2.75, 3.05) is 13.7 Å². The van der Waals surface area contributed by atoms with Crippen LogP contribution in [-0.2, 0) is 14.2 Å². The van der Waals surface area contributed by atoms with E-state index in [-0.39, 0.29) is 6.61 Å². The molecule has 1 aliphatic rings. The lowest BCUT2D eigenvalue weighted by atomic mass is 10.1. The highest BCUT2D eigenvalue weighted by Crippen LogP contribution is 2.43. The first-order valence-electron chi connectivity index (χ1n) is 5.47. The van der Waals surface area contributed by atoms with Gasteiger partial charge in [-0.1, -0.05) is 30.3 Å². The lowest BCUT2D eigenvalue weighted by molar-refractivity contribution is -0.501. The molecule has 1 heterocycles. The lowest BCUT2D eigenvalue weighted by Gasteiger charge is -2.40. The first-order valence-corrected chi connectivity index (χ1v) is 5.47. The summed E-state index contributed by atoms with van der Waals surface area (Å²) < 4.78 is 52.8. The summed E-state index contributed by atoms with van der Waals surface area (Å²) in [7, 11) is 0.918. The first kappa shape index (κ1) is 13.3. The molecular formula is C12H13F3O3. The Kier molecular flexibility index (Phi) is 3.61. The molecule has 1 saturated heterocycles. The van der Waals surface area contributed by atoms with E-state index in [1.165, 1.54) is 0 Å². The average Bonchev–Trinajstić information content (AvgIpc) is 2.38. The van der Waals surface area contributed by atoms with Crippen molar-refractivity contribution in [3.8, 4) is 0 Å². The van der Waals surface area contributed by atoms with Crippen molar-refractivity contribution in [3.05, 3.63) is 35.9 Å². The highest BCUT2D eigenvalue weighted by molar-refractivity contribution is 5.18. The highest BCUT2D eigenvalue weighted by atomic mass is 19.4. The van der Waals surface area contributed by atoms with Crippen LogP contribution in [0, 0.1) is 0 Å². The average molecular weight is 262 g/mol. The van der Waals surface area contributed by atoms with E-state index < -0.39 is 18.3 Å². The van der Waals surface area contributed by atoms with E-state index in [0.29, 0.717) is 12.0 Å². The molecule has 18 heavy (non-hydrogen) atoms. The van der Waals surface area contributed by atoms with Crippen LogP contribution in [0.4, 0.5) is 13.2 Å². The van der Waals surface area contributed by atoms with Crippen LogP contribution >= 0.6 is 0 Å². The summed E-state index contributed by atoms with van der Waals surface area (Å²) in [6, 6.07) is 8.71. The maximum atomic E-state index is 12.9. The number of methoxy groups -OCH3 is 1. The summed E-state index contributed by atoms with van der Waals surface area (Å²) in [5, 5.41) is 0. The van der Waals surface area contributed by atoms with Crippen LogP contribution in [0.5, 0.6) is 0 Å². The third-order valence-electron chi connectivity index (χ3n) is 2.76. The van der Waals surface area contributed by atoms with Gasteiger partial charge >= 0.3 is 12.1 Å². The largest absolute Gasteiger partial charge is 0.473 e. The summed E-state index contributed by atoms with van der Waals surface area (Å²) in [5.74, 6) is -2.97. The van der Waals surface area contributed by atoms with E-state index in [2.05, 4.69) is 9.47 Å². The SMILES string of the molecule is COC1(C(F)(F)F)OCCC(c2ccccc2)O1. The molecule has 0 radical (unpaired) electrons. The van der Waals surface area contributed by atoms with Crippen LogP contribution in [0.25, 0.3) is 0 Å². The summed E-state index contributed by atoms with van der Waals surface area (Å²) in [6.45, 7) is -0.0765. The summed E-state index contributed by atoms with van der Waals surface area (Å²) in [5.41, 5.74) is 0.673. The fourth-order valence-corrected chi connectivity index (χ4v) is 1.85. The molecule has 2 atom stereocenters. The zero-order chi connectivity index (χ0) is 13.2. The molecule has 0 N–H and O–H groups in total. The van der Waals surface area contributed by atoms with Crippen LogP contribution in [-0.4, -0.2) is 25.9 Å². The van der Waals surface area contributed by atoms with E-state index in [4.69, 9.17) is 4.74 Å². The molecule has 2 rings (SSSR count). The smallest absolute Gasteiger partial charge is 0.324 e. The standard InChI is InChI=1S/C12H13F3O3/c1-16-12(11(13,14)15)17-8-7-10(18-12)9-5-3-2-4-6-9/h2-6,10H,7-8H2,1H3. The molecule has 0 amide bonds. The van der Waals surface area contributed by atoms with Gasteiger partial charge in [0.25, 0.3) is 0 Å². The predicted octanol–water partition coefficient (Wildman–Crippen LogP) is 3.03. The van der Waals surface area contributed by atoms with Crippen molar-refractivity contribution in [3.63, 3.8) is 0 Å². The van der Waals surface area contributed by atoms with Gasteiger partial charge in [0.1, 0.15) is 0 Å². The maximum Gasteiger partial charge on any atom is 0.473 e. The van der Waals surface area contributed by atoms with Crippen molar-refractivity contribution < 1.29 is 27.4 Å². The molecule has 1 aromatic rings. The van der Waals surface area contributed by atoms with Crippen molar-refractivity contribution in [1.82, 2.24) is 0 Å². The van der Waals surface area contributed by atoms with Gasteiger partial charge in [-0.2, -0.15) is 13.2 Å². The third-order valence-corrected chi connectivity index (χ3v) is 2.76. The van der Waals surface area contributed by atoms with Gasteiger partial charge in [0.2, 0.25) is 0 Å². The summed E-state index contributed by atoms with van der Waals surface area (Å²) in [4.78, 5) is 0. The Morgan fingerprint density at radius 1 is 1.28 bits per heavy atom. The molecular weight excluding hydrogens is 249 g/mol. The minimum absolute atomic E-state index is 0.0765. The Hall–Kier alpha value is -1.11. The number of hydrogen-bond donors (Lipinski definition) is 0. The van der Waals surface area contributed by atoms with E-state index >= 15 is 0 Å². The van der Waals surface area contributed by atoms with Gasteiger partial charge in [-0.15, -0.1) is 0 Å². The normalized spacial score (nSPS) is 29.2. The van der Waals surface area contributed by atoms with Crippen molar-refractivity contribution in [2.24, 2.45) is 0 Å². The molecule has 1 aromatic carbocycles. The molecule has 100 valence electrons. The van der Waals surface area contributed by atoms with E-state index in [1.54, 1.807) is 30.3 Å². The third kappa shape index (κ3) is 2.36. The van der Waals surface area contributed by atoms with Gasteiger partial charge < -0.3 is 14.2 Å². The Bertz CT molecular complexity index is 393. The lowest BCUT2D eigenvalue weighted by Crippen LogP contribution is -2.54. The predicted molar refractivity (Wildman–Crippen MR) is 56.6 cm³/mol.